The van der Waals surface area contributed by atoms with Gasteiger partial charge in [0.05, 0.1) is 18.8 Å². The third-order valence-corrected chi connectivity index (χ3v) is 6.64. The Bertz CT molecular complexity index is 442. The maximum absolute atomic E-state index is 10.7. The van der Waals surface area contributed by atoms with Gasteiger partial charge in [0.1, 0.15) is 0 Å². The molecule has 0 aromatic carbocycles. The van der Waals surface area contributed by atoms with Gasteiger partial charge in [0.2, 0.25) is 0 Å². The Morgan fingerprint density at radius 1 is 0.606 bits per heavy atom. The lowest BCUT2D eigenvalue weighted by atomic mass is 10.0. The molecule has 0 amide bonds. The largest absolute Gasteiger partial charge is 0.469 e. The molecule has 0 spiro atoms. The highest BCUT2D eigenvalue weighted by Gasteiger charge is 2.19. The molecule has 0 rings (SSSR count). The third-order valence-electron chi connectivity index (χ3n) is 6.12. The van der Waals surface area contributed by atoms with Gasteiger partial charge in [-0.3, -0.25) is 4.52 Å². The van der Waals surface area contributed by atoms with E-state index in [0.29, 0.717) is 13.0 Å². The van der Waals surface area contributed by atoms with E-state index in [-0.39, 0.29) is 18.8 Å². The SMILES string of the molecule is CCCCCCCCCCCCOC(CCCCCCCC)C(C)OCCCOP(=O)(O)O. The fraction of sp³-hybridized carbons (Fsp3) is 1.00. The molecule has 0 fully saturated rings. The Kier molecular flexibility index (Phi) is 23.8. The van der Waals surface area contributed by atoms with E-state index >= 15 is 0 Å². The summed E-state index contributed by atoms with van der Waals surface area (Å²) in [5.41, 5.74) is 0. The quantitative estimate of drug-likeness (QED) is 0.0937. The molecule has 200 valence electrons. The minimum absolute atomic E-state index is 0.00143. The number of unbranched alkanes of at least 4 members (excludes halogenated alkanes) is 14. The zero-order valence-corrected chi connectivity index (χ0v) is 22.9. The van der Waals surface area contributed by atoms with Crippen molar-refractivity contribution in [1.82, 2.24) is 0 Å². The molecule has 0 aromatic heterocycles. The number of phosphoric ester groups is 1. The van der Waals surface area contributed by atoms with Gasteiger partial charge in [-0.25, -0.2) is 4.57 Å². The summed E-state index contributed by atoms with van der Waals surface area (Å²) in [7, 11) is -4.39. The van der Waals surface area contributed by atoms with Crippen molar-refractivity contribution >= 4 is 7.82 Å². The molecule has 0 aromatic rings. The van der Waals surface area contributed by atoms with Gasteiger partial charge >= 0.3 is 7.82 Å². The van der Waals surface area contributed by atoms with Crippen LogP contribution in [0.1, 0.15) is 136 Å². The zero-order valence-electron chi connectivity index (χ0n) is 22.0. The van der Waals surface area contributed by atoms with Crippen LogP contribution in [-0.2, 0) is 18.6 Å². The van der Waals surface area contributed by atoms with Crippen molar-refractivity contribution < 1.29 is 28.3 Å². The number of rotatable bonds is 26. The summed E-state index contributed by atoms with van der Waals surface area (Å²) in [4.78, 5) is 17.5. The number of ether oxygens (including phenoxy) is 2. The summed E-state index contributed by atoms with van der Waals surface area (Å²) in [5, 5.41) is 0. The molecule has 2 unspecified atom stereocenters. The molecule has 33 heavy (non-hydrogen) atoms. The predicted octanol–water partition coefficient (Wildman–Crippen LogP) is 7.95. The topological polar surface area (TPSA) is 85.2 Å². The van der Waals surface area contributed by atoms with Crippen molar-refractivity contribution in [1.29, 1.82) is 0 Å². The first kappa shape index (κ1) is 33.0. The standard InChI is InChI=1S/C26H55O6P/c1-4-6-8-10-12-13-14-15-17-19-22-31-26(21-18-16-11-9-7-5-2)25(3)30-23-20-24-32-33(27,28)29/h25-26H,4-24H2,1-3H3,(H2,27,28,29). The number of phosphoric acid groups is 1. The molecule has 0 saturated heterocycles. The number of hydrogen-bond donors (Lipinski definition) is 2. The zero-order chi connectivity index (χ0) is 24.6. The van der Waals surface area contributed by atoms with E-state index in [1.54, 1.807) is 0 Å². The van der Waals surface area contributed by atoms with E-state index in [2.05, 4.69) is 18.4 Å². The molecule has 2 atom stereocenters. The van der Waals surface area contributed by atoms with Crippen LogP contribution in [0.5, 0.6) is 0 Å². The van der Waals surface area contributed by atoms with Crippen LogP contribution < -0.4 is 0 Å². The normalized spacial score (nSPS) is 14.0. The summed E-state index contributed by atoms with van der Waals surface area (Å²) < 4.78 is 27.4. The second kappa shape index (κ2) is 23.8. The van der Waals surface area contributed by atoms with Crippen LogP contribution in [0.15, 0.2) is 0 Å². The average Bonchev–Trinajstić information content (AvgIpc) is 2.77. The molecule has 0 saturated carbocycles. The summed E-state index contributed by atoms with van der Waals surface area (Å²) in [6, 6.07) is 0. The van der Waals surface area contributed by atoms with Crippen LogP contribution in [0.4, 0.5) is 0 Å². The fourth-order valence-electron chi connectivity index (χ4n) is 4.02. The van der Waals surface area contributed by atoms with Crippen LogP contribution in [0, 0.1) is 0 Å². The Morgan fingerprint density at radius 2 is 1.06 bits per heavy atom. The highest BCUT2D eigenvalue weighted by molar-refractivity contribution is 7.46. The second-order valence-electron chi connectivity index (χ2n) is 9.40. The molecule has 2 N–H and O–H groups in total. The number of hydrogen-bond acceptors (Lipinski definition) is 4. The van der Waals surface area contributed by atoms with Crippen molar-refractivity contribution in [3.8, 4) is 0 Å². The van der Waals surface area contributed by atoms with Crippen LogP contribution in [0.25, 0.3) is 0 Å². The van der Waals surface area contributed by atoms with Crippen molar-refractivity contribution in [2.45, 2.75) is 149 Å². The Hall–Kier alpha value is 0.0300. The van der Waals surface area contributed by atoms with Gasteiger partial charge in [-0.05, 0) is 26.2 Å². The first-order valence-electron chi connectivity index (χ1n) is 13.8. The second-order valence-corrected chi connectivity index (χ2v) is 10.6. The van der Waals surface area contributed by atoms with E-state index < -0.39 is 7.82 Å². The van der Waals surface area contributed by atoms with Gasteiger partial charge in [-0.1, -0.05) is 110 Å². The minimum Gasteiger partial charge on any atom is -0.376 e. The van der Waals surface area contributed by atoms with E-state index in [1.165, 1.54) is 89.9 Å². The molecule has 0 heterocycles. The van der Waals surface area contributed by atoms with Crippen molar-refractivity contribution in [3.05, 3.63) is 0 Å². The van der Waals surface area contributed by atoms with Gasteiger partial charge in [0, 0.05) is 13.2 Å². The van der Waals surface area contributed by atoms with Crippen molar-refractivity contribution in [2.75, 3.05) is 19.8 Å². The lowest BCUT2D eigenvalue weighted by Gasteiger charge is -2.25. The average molecular weight is 495 g/mol. The highest BCUT2D eigenvalue weighted by atomic mass is 31.2. The summed E-state index contributed by atoms with van der Waals surface area (Å²) in [6.07, 6.45) is 22.3. The predicted molar refractivity (Wildman–Crippen MR) is 138 cm³/mol. The molecule has 7 heteroatoms. The molecule has 0 aliphatic carbocycles. The van der Waals surface area contributed by atoms with Gasteiger partial charge in [0.25, 0.3) is 0 Å². The lowest BCUT2D eigenvalue weighted by molar-refractivity contribution is -0.0717. The molecular formula is C26H55O6P. The molecule has 0 bridgehead atoms. The van der Waals surface area contributed by atoms with Crippen LogP contribution >= 0.6 is 7.82 Å². The van der Waals surface area contributed by atoms with E-state index in [1.807, 2.05) is 6.92 Å². The maximum Gasteiger partial charge on any atom is 0.469 e. The van der Waals surface area contributed by atoms with E-state index in [0.717, 1.165) is 25.9 Å². The van der Waals surface area contributed by atoms with Crippen LogP contribution in [0.3, 0.4) is 0 Å². The maximum atomic E-state index is 10.7. The van der Waals surface area contributed by atoms with Crippen molar-refractivity contribution in [2.24, 2.45) is 0 Å². The van der Waals surface area contributed by atoms with Gasteiger partial charge < -0.3 is 19.3 Å². The first-order valence-corrected chi connectivity index (χ1v) is 15.4. The fourth-order valence-corrected chi connectivity index (χ4v) is 4.39. The van der Waals surface area contributed by atoms with Gasteiger partial charge in [0.15, 0.2) is 0 Å². The van der Waals surface area contributed by atoms with Crippen molar-refractivity contribution in [3.63, 3.8) is 0 Å². The van der Waals surface area contributed by atoms with E-state index in [4.69, 9.17) is 19.3 Å². The highest BCUT2D eigenvalue weighted by Crippen LogP contribution is 2.35. The van der Waals surface area contributed by atoms with Gasteiger partial charge in [-0.2, -0.15) is 0 Å². The summed E-state index contributed by atoms with van der Waals surface area (Å²) in [6.45, 7) is 7.74. The lowest BCUT2D eigenvalue weighted by Crippen LogP contribution is -2.30. The van der Waals surface area contributed by atoms with Gasteiger partial charge in [-0.15, -0.1) is 0 Å². The molecule has 6 nitrogen and oxygen atoms in total. The Labute approximate surface area is 204 Å². The Morgan fingerprint density at radius 3 is 1.58 bits per heavy atom. The Balaban J connectivity index is 4.04. The molecule has 0 radical (unpaired) electrons. The summed E-state index contributed by atoms with van der Waals surface area (Å²) in [5.74, 6) is 0. The smallest absolute Gasteiger partial charge is 0.376 e. The van der Waals surface area contributed by atoms with Crippen LogP contribution in [-0.4, -0.2) is 41.8 Å². The molecule has 0 aliphatic rings. The first-order chi connectivity index (χ1) is 15.9. The third kappa shape index (κ3) is 24.9. The summed E-state index contributed by atoms with van der Waals surface area (Å²) >= 11 is 0. The monoisotopic (exact) mass is 494 g/mol. The van der Waals surface area contributed by atoms with Crippen LogP contribution in [0.2, 0.25) is 0 Å². The molecule has 0 aliphatic heterocycles. The van der Waals surface area contributed by atoms with E-state index in [9.17, 15) is 4.57 Å². The molecular weight excluding hydrogens is 439 g/mol. The minimum atomic E-state index is -4.39.